The second kappa shape index (κ2) is 11.7. The Morgan fingerprint density at radius 2 is 1.19 bits per heavy atom. The zero-order valence-electron chi connectivity index (χ0n) is 21.7. The lowest BCUT2D eigenvalue weighted by atomic mass is 9.74. The predicted molar refractivity (Wildman–Crippen MR) is 136 cm³/mol. The highest BCUT2D eigenvalue weighted by atomic mass is 17.2. The fraction of sp³-hybridized carbons (Fsp3) is 0.467. The summed E-state index contributed by atoms with van der Waals surface area (Å²) in [5.74, 6) is 0.995. The molecule has 1 unspecified atom stereocenters. The number of aryl methyl sites for hydroxylation is 4. The summed E-state index contributed by atoms with van der Waals surface area (Å²) < 4.78 is 0. The van der Waals surface area contributed by atoms with Gasteiger partial charge in [-0.15, -0.1) is 0 Å². The summed E-state index contributed by atoms with van der Waals surface area (Å²) in [6, 6.07) is 11.3. The molecule has 0 bridgehead atoms. The molecule has 6 nitrogen and oxygen atoms in total. The predicted octanol–water partition coefficient (Wildman–Crippen LogP) is 7.04. The number of allylic oxidation sites excluding steroid dienone is 2. The van der Waals surface area contributed by atoms with E-state index in [1.54, 1.807) is 12.1 Å². The number of carbonyl (C=O) groups excluding carboxylic acids is 2. The SMILES string of the molecule is Cc1cc(C)cc(C(=O)OOC2=CCC(C3CCC(OOC(=O)c4cc(C)cc(C)c4)CC3)CC2)c1. The Morgan fingerprint density at radius 1 is 0.667 bits per heavy atom. The third-order valence-corrected chi connectivity index (χ3v) is 7.19. The van der Waals surface area contributed by atoms with Crippen LogP contribution in [0.3, 0.4) is 0 Å². The number of carbonyl (C=O) groups is 2. The van der Waals surface area contributed by atoms with Crippen molar-refractivity contribution in [2.75, 3.05) is 0 Å². The van der Waals surface area contributed by atoms with Gasteiger partial charge in [-0.05, 0) is 108 Å². The van der Waals surface area contributed by atoms with Crippen LogP contribution in [0, 0.1) is 39.5 Å². The van der Waals surface area contributed by atoms with Crippen LogP contribution in [0.2, 0.25) is 0 Å². The van der Waals surface area contributed by atoms with Gasteiger partial charge in [-0.1, -0.05) is 34.4 Å². The number of hydrogen-bond donors (Lipinski definition) is 0. The summed E-state index contributed by atoms with van der Waals surface area (Å²) >= 11 is 0. The Labute approximate surface area is 213 Å². The topological polar surface area (TPSA) is 71.1 Å². The number of rotatable bonds is 7. The van der Waals surface area contributed by atoms with Crippen LogP contribution < -0.4 is 0 Å². The highest BCUT2D eigenvalue weighted by Crippen LogP contribution is 2.38. The Bertz CT molecular complexity index is 1090. The van der Waals surface area contributed by atoms with Crippen LogP contribution in [-0.4, -0.2) is 18.0 Å². The summed E-state index contributed by atoms with van der Waals surface area (Å²) in [6.45, 7) is 7.82. The molecule has 6 heteroatoms. The van der Waals surface area contributed by atoms with E-state index >= 15 is 0 Å². The molecule has 192 valence electrons. The van der Waals surface area contributed by atoms with Crippen molar-refractivity contribution in [3.63, 3.8) is 0 Å². The fourth-order valence-corrected chi connectivity index (χ4v) is 5.47. The molecule has 0 saturated heterocycles. The molecule has 0 amide bonds. The average Bonchev–Trinajstić information content (AvgIpc) is 2.85. The van der Waals surface area contributed by atoms with E-state index in [0.29, 0.717) is 23.0 Å². The molecular formula is C30H36O6. The van der Waals surface area contributed by atoms with E-state index in [-0.39, 0.29) is 6.10 Å². The maximum atomic E-state index is 12.3. The first kappa shape index (κ1) is 26.0. The Balaban J connectivity index is 1.18. The van der Waals surface area contributed by atoms with E-state index in [1.807, 2.05) is 52.0 Å². The molecule has 0 aromatic heterocycles. The van der Waals surface area contributed by atoms with E-state index in [1.165, 1.54) is 0 Å². The highest BCUT2D eigenvalue weighted by Gasteiger charge is 2.30. The Kier molecular flexibility index (Phi) is 8.47. The van der Waals surface area contributed by atoms with Gasteiger partial charge >= 0.3 is 11.9 Å². The third-order valence-electron chi connectivity index (χ3n) is 7.19. The van der Waals surface area contributed by atoms with Gasteiger partial charge < -0.3 is 0 Å². The molecule has 1 atom stereocenters. The van der Waals surface area contributed by atoms with Gasteiger partial charge in [0.05, 0.1) is 11.1 Å². The minimum absolute atomic E-state index is 0.0567. The first-order valence-corrected chi connectivity index (χ1v) is 12.9. The van der Waals surface area contributed by atoms with E-state index in [4.69, 9.17) is 19.6 Å². The molecular weight excluding hydrogens is 456 g/mol. The van der Waals surface area contributed by atoms with Crippen molar-refractivity contribution in [1.82, 2.24) is 0 Å². The van der Waals surface area contributed by atoms with Crippen molar-refractivity contribution < 1.29 is 29.1 Å². The lowest BCUT2D eigenvalue weighted by Crippen LogP contribution is -2.28. The van der Waals surface area contributed by atoms with Crippen LogP contribution in [0.4, 0.5) is 0 Å². The first-order valence-electron chi connectivity index (χ1n) is 12.9. The molecule has 0 radical (unpaired) electrons. The molecule has 0 spiro atoms. The lowest BCUT2D eigenvalue weighted by molar-refractivity contribution is -0.281. The third kappa shape index (κ3) is 6.97. The summed E-state index contributed by atoms with van der Waals surface area (Å²) in [7, 11) is 0. The Hall–Kier alpha value is -3.12. The standard InChI is InChI=1S/C30H36O6/c1-19-13-20(2)16-25(15-19)29(31)35-33-27-9-5-23(6-10-27)24-7-11-28(12-8-24)34-36-30(32)26-17-21(3)14-22(4)18-26/h9,13-18,23-24,28H,5-8,10-12H2,1-4H3. The van der Waals surface area contributed by atoms with Crippen molar-refractivity contribution in [2.45, 2.75) is 78.7 Å². The molecule has 1 fully saturated rings. The summed E-state index contributed by atoms with van der Waals surface area (Å²) in [5, 5.41) is 0. The van der Waals surface area contributed by atoms with Gasteiger partial charge in [0, 0.05) is 6.42 Å². The van der Waals surface area contributed by atoms with E-state index in [0.717, 1.165) is 73.0 Å². The average molecular weight is 493 g/mol. The maximum absolute atomic E-state index is 12.3. The minimum Gasteiger partial charge on any atom is -0.293 e. The monoisotopic (exact) mass is 492 g/mol. The number of hydrogen-bond acceptors (Lipinski definition) is 6. The largest absolute Gasteiger partial charge is 0.386 e. The molecule has 0 N–H and O–H groups in total. The summed E-state index contributed by atoms with van der Waals surface area (Å²) in [4.78, 5) is 45.8. The molecule has 2 aliphatic carbocycles. The van der Waals surface area contributed by atoms with Crippen molar-refractivity contribution in [3.05, 3.63) is 81.6 Å². The summed E-state index contributed by atoms with van der Waals surface area (Å²) in [5.41, 5.74) is 5.10. The summed E-state index contributed by atoms with van der Waals surface area (Å²) in [6.07, 6.45) is 8.51. The van der Waals surface area contributed by atoms with E-state index in [9.17, 15) is 9.59 Å². The highest BCUT2D eigenvalue weighted by molar-refractivity contribution is 5.89. The minimum atomic E-state index is -0.471. The van der Waals surface area contributed by atoms with Crippen LogP contribution >= 0.6 is 0 Å². The normalized spacial score (nSPS) is 21.9. The van der Waals surface area contributed by atoms with Crippen molar-refractivity contribution in [1.29, 1.82) is 0 Å². The molecule has 0 aliphatic heterocycles. The lowest BCUT2D eigenvalue weighted by Gasteiger charge is -2.34. The van der Waals surface area contributed by atoms with Crippen LogP contribution in [0.25, 0.3) is 0 Å². The van der Waals surface area contributed by atoms with Gasteiger partial charge in [0.1, 0.15) is 6.10 Å². The van der Waals surface area contributed by atoms with Crippen LogP contribution in [0.5, 0.6) is 0 Å². The van der Waals surface area contributed by atoms with Gasteiger partial charge in [0.25, 0.3) is 0 Å². The van der Waals surface area contributed by atoms with E-state index in [2.05, 4.69) is 6.08 Å². The number of benzene rings is 2. The quantitative estimate of drug-likeness (QED) is 0.305. The fourth-order valence-electron chi connectivity index (χ4n) is 5.47. The van der Waals surface area contributed by atoms with E-state index < -0.39 is 11.9 Å². The van der Waals surface area contributed by atoms with Gasteiger partial charge in [-0.25, -0.2) is 14.5 Å². The second-order valence-electron chi connectivity index (χ2n) is 10.4. The Morgan fingerprint density at radius 3 is 1.69 bits per heavy atom. The zero-order valence-corrected chi connectivity index (χ0v) is 21.7. The molecule has 0 heterocycles. The molecule has 2 aliphatic rings. The zero-order chi connectivity index (χ0) is 25.7. The van der Waals surface area contributed by atoms with Crippen molar-refractivity contribution >= 4 is 11.9 Å². The van der Waals surface area contributed by atoms with Crippen molar-refractivity contribution in [2.24, 2.45) is 11.8 Å². The van der Waals surface area contributed by atoms with Crippen LogP contribution in [-0.2, 0) is 19.6 Å². The molecule has 36 heavy (non-hydrogen) atoms. The van der Waals surface area contributed by atoms with Gasteiger partial charge in [0.15, 0.2) is 5.76 Å². The van der Waals surface area contributed by atoms with Gasteiger partial charge in [0.2, 0.25) is 0 Å². The smallest absolute Gasteiger partial charge is 0.293 e. The molecule has 4 rings (SSSR count). The van der Waals surface area contributed by atoms with Gasteiger partial charge in [-0.3, -0.25) is 9.78 Å². The van der Waals surface area contributed by atoms with Crippen molar-refractivity contribution in [3.8, 4) is 0 Å². The molecule has 1 saturated carbocycles. The first-order chi connectivity index (χ1) is 17.3. The maximum Gasteiger partial charge on any atom is 0.386 e. The van der Waals surface area contributed by atoms with Crippen LogP contribution in [0.1, 0.15) is 87.9 Å². The molecule has 2 aromatic rings. The second-order valence-corrected chi connectivity index (χ2v) is 10.4. The molecule has 2 aromatic carbocycles. The van der Waals surface area contributed by atoms with Crippen LogP contribution in [0.15, 0.2) is 48.2 Å². The van der Waals surface area contributed by atoms with Gasteiger partial charge in [-0.2, -0.15) is 4.89 Å².